The summed E-state index contributed by atoms with van der Waals surface area (Å²) >= 11 is 1.71. The summed E-state index contributed by atoms with van der Waals surface area (Å²) in [4.78, 5) is 3.39. The van der Waals surface area contributed by atoms with Gasteiger partial charge in [0.25, 0.3) is 0 Å². The van der Waals surface area contributed by atoms with Crippen molar-refractivity contribution in [2.24, 2.45) is 0 Å². The molecule has 0 bridgehead atoms. The van der Waals surface area contributed by atoms with Crippen molar-refractivity contribution in [1.82, 2.24) is 10.2 Å². The lowest BCUT2D eigenvalue weighted by atomic mass is 10.2. The Hall–Kier alpha value is -1.30. The molecule has 1 aromatic carbocycles. The Morgan fingerprint density at radius 2 is 2.05 bits per heavy atom. The first kappa shape index (κ1) is 15.1. The molecule has 0 fully saturated rings. The third-order valence-electron chi connectivity index (χ3n) is 3.16. The van der Waals surface area contributed by atoms with Gasteiger partial charge in [-0.05, 0) is 31.6 Å². The van der Waals surface area contributed by atoms with Crippen LogP contribution in [0.25, 0.3) is 0 Å². The average molecular weight is 296 g/mol. The number of nitrogens with one attached hydrogen (secondary N) is 1. The SMILES string of the molecule is CN(C)C(CNCc1ccc(F)cc1F)c1cccs1. The van der Waals surface area contributed by atoms with E-state index in [0.717, 1.165) is 6.07 Å². The molecule has 1 heterocycles. The predicted molar refractivity (Wildman–Crippen MR) is 78.8 cm³/mol. The molecule has 2 aromatic rings. The lowest BCUT2D eigenvalue weighted by Crippen LogP contribution is -2.30. The topological polar surface area (TPSA) is 15.3 Å². The van der Waals surface area contributed by atoms with Gasteiger partial charge in [0.2, 0.25) is 0 Å². The smallest absolute Gasteiger partial charge is 0.130 e. The maximum atomic E-state index is 13.5. The molecule has 0 aliphatic rings. The molecule has 108 valence electrons. The molecule has 0 amide bonds. The van der Waals surface area contributed by atoms with Gasteiger partial charge in [0.05, 0.1) is 6.04 Å². The van der Waals surface area contributed by atoms with Crippen molar-refractivity contribution in [2.75, 3.05) is 20.6 Å². The summed E-state index contributed by atoms with van der Waals surface area (Å²) in [5.41, 5.74) is 0.482. The Morgan fingerprint density at radius 1 is 1.25 bits per heavy atom. The normalized spacial score (nSPS) is 12.8. The molecular formula is C15H18F2N2S. The van der Waals surface area contributed by atoms with Gasteiger partial charge in [0, 0.05) is 29.6 Å². The number of hydrogen-bond acceptors (Lipinski definition) is 3. The number of nitrogens with zero attached hydrogens (tertiary/aromatic N) is 1. The van der Waals surface area contributed by atoms with Gasteiger partial charge in [-0.15, -0.1) is 11.3 Å². The Balaban J connectivity index is 1.94. The molecule has 0 aliphatic carbocycles. The Morgan fingerprint density at radius 3 is 2.65 bits per heavy atom. The first-order valence-electron chi connectivity index (χ1n) is 6.42. The molecule has 5 heteroatoms. The van der Waals surface area contributed by atoms with Gasteiger partial charge in [-0.3, -0.25) is 0 Å². The number of hydrogen-bond donors (Lipinski definition) is 1. The highest BCUT2D eigenvalue weighted by Crippen LogP contribution is 2.22. The number of halogens is 2. The zero-order chi connectivity index (χ0) is 14.5. The van der Waals surface area contributed by atoms with Crippen molar-refractivity contribution in [3.63, 3.8) is 0 Å². The van der Waals surface area contributed by atoms with E-state index in [9.17, 15) is 8.78 Å². The third-order valence-corrected chi connectivity index (χ3v) is 4.14. The van der Waals surface area contributed by atoms with Gasteiger partial charge in [0.1, 0.15) is 11.6 Å². The maximum Gasteiger partial charge on any atom is 0.130 e. The number of likely N-dealkylation sites (N-methyl/N-ethyl adjacent to an activating group) is 1. The van der Waals surface area contributed by atoms with Gasteiger partial charge >= 0.3 is 0 Å². The molecule has 2 nitrogen and oxygen atoms in total. The Labute approximate surface area is 122 Å². The van der Waals surface area contributed by atoms with Crippen LogP contribution >= 0.6 is 11.3 Å². The van der Waals surface area contributed by atoms with E-state index >= 15 is 0 Å². The molecule has 0 spiro atoms. The molecule has 2 rings (SSSR count). The molecular weight excluding hydrogens is 278 g/mol. The van der Waals surface area contributed by atoms with Gasteiger partial charge in [-0.1, -0.05) is 12.1 Å². The van der Waals surface area contributed by atoms with Crippen molar-refractivity contribution in [1.29, 1.82) is 0 Å². The van der Waals surface area contributed by atoms with Crippen molar-refractivity contribution in [3.05, 3.63) is 57.8 Å². The quantitative estimate of drug-likeness (QED) is 0.878. The highest BCUT2D eigenvalue weighted by atomic mass is 32.1. The predicted octanol–water partition coefficient (Wildman–Crippen LogP) is 3.42. The first-order valence-corrected chi connectivity index (χ1v) is 7.30. The molecule has 0 saturated carbocycles. The van der Waals surface area contributed by atoms with Crippen LogP contribution in [0.3, 0.4) is 0 Å². The fraction of sp³-hybridized carbons (Fsp3) is 0.333. The monoisotopic (exact) mass is 296 g/mol. The van der Waals surface area contributed by atoms with Crippen LogP contribution in [0.4, 0.5) is 8.78 Å². The Bertz CT molecular complexity index is 541. The summed E-state index contributed by atoms with van der Waals surface area (Å²) in [6.45, 7) is 1.10. The lowest BCUT2D eigenvalue weighted by Gasteiger charge is -2.23. The second kappa shape index (κ2) is 6.92. The van der Waals surface area contributed by atoms with Gasteiger partial charge in [0.15, 0.2) is 0 Å². The van der Waals surface area contributed by atoms with Crippen LogP contribution in [0.2, 0.25) is 0 Å². The lowest BCUT2D eigenvalue weighted by molar-refractivity contribution is 0.292. The summed E-state index contributed by atoms with van der Waals surface area (Å²) in [5, 5.41) is 5.28. The molecule has 1 N–H and O–H groups in total. The molecule has 0 saturated heterocycles. The standard InChI is InChI=1S/C15H18F2N2S/c1-19(2)14(15-4-3-7-20-15)10-18-9-11-5-6-12(16)8-13(11)17/h3-8,14,18H,9-10H2,1-2H3. The van der Waals surface area contributed by atoms with E-state index in [4.69, 9.17) is 0 Å². The summed E-state index contributed by atoms with van der Waals surface area (Å²) in [5.74, 6) is -1.05. The van der Waals surface area contributed by atoms with Crippen molar-refractivity contribution >= 4 is 11.3 Å². The fourth-order valence-electron chi connectivity index (χ4n) is 2.03. The van der Waals surface area contributed by atoms with Crippen LogP contribution in [0.1, 0.15) is 16.5 Å². The summed E-state index contributed by atoms with van der Waals surface area (Å²) < 4.78 is 26.3. The zero-order valence-corrected chi connectivity index (χ0v) is 12.4. The first-order chi connectivity index (χ1) is 9.58. The molecule has 0 aliphatic heterocycles. The summed E-state index contributed by atoms with van der Waals surface area (Å²) in [6, 6.07) is 8.04. The van der Waals surface area contributed by atoms with Crippen LogP contribution in [-0.4, -0.2) is 25.5 Å². The van der Waals surface area contributed by atoms with Crippen molar-refractivity contribution in [3.8, 4) is 0 Å². The third kappa shape index (κ3) is 3.85. The minimum Gasteiger partial charge on any atom is -0.311 e. The van der Waals surface area contributed by atoms with Crippen LogP contribution in [0.15, 0.2) is 35.7 Å². The van der Waals surface area contributed by atoms with Crippen molar-refractivity contribution < 1.29 is 8.78 Å². The summed E-state index contributed by atoms with van der Waals surface area (Å²) in [7, 11) is 4.04. The average Bonchev–Trinajstić information content (AvgIpc) is 2.90. The summed E-state index contributed by atoms with van der Waals surface area (Å²) in [6.07, 6.45) is 0. The van der Waals surface area contributed by atoms with E-state index < -0.39 is 11.6 Å². The highest BCUT2D eigenvalue weighted by Gasteiger charge is 2.14. The minimum absolute atomic E-state index is 0.249. The molecule has 1 unspecified atom stereocenters. The molecule has 20 heavy (non-hydrogen) atoms. The van der Waals surface area contributed by atoms with Gasteiger partial charge in [-0.2, -0.15) is 0 Å². The zero-order valence-electron chi connectivity index (χ0n) is 11.6. The van der Waals surface area contributed by atoms with Gasteiger partial charge in [-0.25, -0.2) is 8.78 Å². The van der Waals surface area contributed by atoms with Crippen LogP contribution in [-0.2, 0) is 6.54 Å². The number of thiophene rings is 1. The van der Waals surface area contributed by atoms with E-state index in [1.165, 1.54) is 17.0 Å². The fourth-order valence-corrected chi connectivity index (χ4v) is 2.95. The van der Waals surface area contributed by atoms with E-state index in [1.807, 2.05) is 25.5 Å². The molecule has 1 aromatic heterocycles. The van der Waals surface area contributed by atoms with Gasteiger partial charge < -0.3 is 10.2 Å². The van der Waals surface area contributed by atoms with Crippen molar-refractivity contribution in [2.45, 2.75) is 12.6 Å². The second-order valence-corrected chi connectivity index (χ2v) is 5.84. The van der Waals surface area contributed by atoms with Crippen LogP contribution in [0, 0.1) is 11.6 Å². The molecule has 1 atom stereocenters. The van der Waals surface area contributed by atoms with E-state index in [2.05, 4.69) is 16.3 Å². The highest BCUT2D eigenvalue weighted by molar-refractivity contribution is 7.10. The number of rotatable bonds is 6. The van der Waals surface area contributed by atoms with Crippen LogP contribution in [0.5, 0.6) is 0 Å². The minimum atomic E-state index is -0.545. The maximum absolute atomic E-state index is 13.5. The van der Waals surface area contributed by atoms with E-state index in [1.54, 1.807) is 11.3 Å². The van der Waals surface area contributed by atoms with E-state index in [-0.39, 0.29) is 6.04 Å². The molecule has 0 radical (unpaired) electrons. The Kier molecular flexibility index (Phi) is 5.23. The van der Waals surface area contributed by atoms with E-state index in [0.29, 0.717) is 18.7 Å². The van der Waals surface area contributed by atoms with Crippen LogP contribution < -0.4 is 5.32 Å². The largest absolute Gasteiger partial charge is 0.311 e. The second-order valence-electron chi connectivity index (χ2n) is 4.86. The number of benzene rings is 1.